The van der Waals surface area contributed by atoms with Gasteiger partial charge in [-0.3, -0.25) is 9.59 Å². The number of hydrogen-bond acceptors (Lipinski definition) is 7. The topological polar surface area (TPSA) is 119 Å². The maximum absolute atomic E-state index is 12.8. The lowest BCUT2D eigenvalue weighted by atomic mass is 10.2. The second-order valence-corrected chi connectivity index (χ2v) is 7.75. The molecule has 0 spiro atoms. The highest BCUT2D eigenvalue weighted by molar-refractivity contribution is 7.89. The largest absolute Gasteiger partial charge is 0.454 e. The molecule has 2 rings (SSSR count). The summed E-state index contributed by atoms with van der Waals surface area (Å²) in [5.74, 6) is -2.08. The predicted molar refractivity (Wildman–Crippen MR) is 82.9 cm³/mol. The summed E-state index contributed by atoms with van der Waals surface area (Å²) in [5.41, 5.74) is 0.137. The van der Waals surface area contributed by atoms with E-state index in [0.717, 1.165) is 4.31 Å². The lowest BCUT2D eigenvalue weighted by Crippen LogP contribution is -2.43. The Morgan fingerprint density at radius 1 is 1.37 bits per heavy atom. The number of ether oxygens (including phenoxy) is 1. The Hall–Kier alpha value is -2.15. The fourth-order valence-corrected chi connectivity index (χ4v) is 4.65. The van der Waals surface area contributed by atoms with Gasteiger partial charge >= 0.3 is 12.1 Å². The van der Waals surface area contributed by atoms with Crippen LogP contribution >= 0.6 is 0 Å². The van der Waals surface area contributed by atoms with Crippen LogP contribution in [0.2, 0.25) is 0 Å². The first-order valence-electron chi connectivity index (χ1n) is 7.88. The highest BCUT2D eigenvalue weighted by Gasteiger charge is 2.42. The number of sulfonamides is 1. The molecule has 1 atom stereocenters. The van der Waals surface area contributed by atoms with Gasteiger partial charge in [-0.25, -0.2) is 8.42 Å². The molecule has 152 valence electrons. The zero-order chi connectivity index (χ0) is 20.4. The molecule has 1 aromatic heterocycles. The van der Waals surface area contributed by atoms with E-state index in [4.69, 9.17) is 9.26 Å². The summed E-state index contributed by atoms with van der Waals surface area (Å²) < 4.78 is 72.2. The number of halogens is 3. The van der Waals surface area contributed by atoms with E-state index in [2.05, 4.69) is 5.16 Å². The van der Waals surface area contributed by atoms with Crippen molar-refractivity contribution in [2.75, 3.05) is 19.7 Å². The van der Waals surface area contributed by atoms with Gasteiger partial charge in [0.2, 0.25) is 10.0 Å². The van der Waals surface area contributed by atoms with Crippen molar-refractivity contribution in [1.29, 1.82) is 0 Å². The molecule has 2 heterocycles. The monoisotopic (exact) mass is 413 g/mol. The van der Waals surface area contributed by atoms with E-state index in [0.29, 0.717) is 6.42 Å². The van der Waals surface area contributed by atoms with Crippen LogP contribution in [-0.2, 0) is 24.3 Å². The maximum Gasteiger partial charge on any atom is 0.405 e. The molecular formula is C14H18F3N3O6S. The van der Waals surface area contributed by atoms with Crippen LogP contribution in [0.5, 0.6) is 0 Å². The van der Waals surface area contributed by atoms with Crippen LogP contribution in [0.1, 0.15) is 24.3 Å². The van der Waals surface area contributed by atoms with E-state index < -0.39 is 47.3 Å². The summed E-state index contributed by atoms with van der Waals surface area (Å²) in [7, 11) is -4.09. The Morgan fingerprint density at radius 3 is 2.59 bits per heavy atom. The van der Waals surface area contributed by atoms with Gasteiger partial charge in [-0.15, -0.1) is 0 Å². The summed E-state index contributed by atoms with van der Waals surface area (Å²) in [6, 6.07) is -1.18. The van der Waals surface area contributed by atoms with Crippen LogP contribution in [0, 0.1) is 13.8 Å². The Kier molecular flexibility index (Phi) is 6.14. The van der Waals surface area contributed by atoms with Crippen LogP contribution in [0.15, 0.2) is 9.42 Å². The number of carbonyl (C=O) groups is 2. The summed E-state index contributed by atoms with van der Waals surface area (Å²) in [5, 5.41) is 5.14. The zero-order valence-electron chi connectivity index (χ0n) is 14.5. The third-order valence-electron chi connectivity index (χ3n) is 3.84. The predicted octanol–water partition coefficient (Wildman–Crippen LogP) is 0.666. The van der Waals surface area contributed by atoms with Crippen LogP contribution in [0.4, 0.5) is 13.2 Å². The van der Waals surface area contributed by atoms with Crippen LogP contribution in [0.25, 0.3) is 0 Å². The molecule has 1 aromatic rings. The van der Waals surface area contributed by atoms with E-state index in [1.165, 1.54) is 13.8 Å². The number of nitrogens with one attached hydrogen (secondary N) is 1. The normalized spacial score (nSPS) is 18.5. The van der Waals surface area contributed by atoms with Gasteiger partial charge in [0.15, 0.2) is 12.4 Å². The van der Waals surface area contributed by atoms with E-state index in [9.17, 15) is 31.2 Å². The molecule has 27 heavy (non-hydrogen) atoms. The van der Waals surface area contributed by atoms with Crippen molar-refractivity contribution >= 4 is 21.9 Å². The van der Waals surface area contributed by atoms with Gasteiger partial charge in [0.05, 0.1) is 0 Å². The van der Waals surface area contributed by atoms with Crippen molar-refractivity contribution in [2.24, 2.45) is 0 Å². The Labute approximate surface area is 152 Å². The van der Waals surface area contributed by atoms with Crippen molar-refractivity contribution in [3.05, 3.63) is 11.5 Å². The molecule has 1 fully saturated rings. The average molecular weight is 413 g/mol. The number of esters is 1. The van der Waals surface area contributed by atoms with Gasteiger partial charge in [-0.05, 0) is 26.7 Å². The second kappa shape index (κ2) is 7.84. The zero-order valence-corrected chi connectivity index (χ0v) is 15.3. The van der Waals surface area contributed by atoms with Gasteiger partial charge in [0.1, 0.15) is 23.2 Å². The Bertz CT molecular complexity index is 801. The lowest BCUT2D eigenvalue weighted by Gasteiger charge is -2.22. The number of aryl methyl sites for hydroxylation is 2. The number of hydrogen-bond donors (Lipinski definition) is 1. The van der Waals surface area contributed by atoms with E-state index in [-0.39, 0.29) is 29.3 Å². The fourth-order valence-electron chi connectivity index (χ4n) is 2.71. The SMILES string of the molecule is Cc1noc(C)c1S(=O)(=O)N1CCC[C@H]1C(=O)OCC(=O)NCC(F)(F)F. The van der Waals surface area contributed by atoms with E-state index in [1.807, 2.05) is 0 Å². The van der Waals surface area contributed by atoms with Crippen molar-refractivity contribution in [3.8, 4) is 0 Å². The minimum Gasteiger partial charge on any atom is -0.454 e. The second-order valence-electron chi connectivity index (χ2n) is 5.93. The van der Waals surface area contributed by atoms with Crippen molar-refractivity contribution in [2.45, 2.75) is 43.8 Å². The molecule has 1 saturated heterocycles. The molecule has 0 unspecified atom stereocenters. The standard InChI is InChI=1S/C14H18F3N3O6S/c1-8-12(9(2)26-19-8)27(23,24)20-5-3-4-10(20)13(22)25-6-11(21)18-7-14(15,16)17/h10H,3-7H2,1-2H3,(H,18,21)/t10-/m0/s1. The summed E-state index contributed by atoms with van der Waals surface area (Å²) in [6.07, 6.45) is -4.06. The molecular weight excluding hydrogens is 395 g/mol. The third-order valence-corrected chi connectivity index (χ3v) is 6.00. The van der Waals surface area contributed by atoms with Crippen LogP contribution < -0.4 is 5.32 Å². The molecule has 1 N–H and O–H groups in total. The molecule has 1 aliphatic heterocycles. The number of nitrogens with zero attached hydrogens (tertiary/aromatic N) is 2. The van der Waals surface area contributed by atoms with E-state index >= 15 is 0 Å². The fraction of sp³-hybridized carbons (Fsp3) is 0.643. The molecule has 9 nitrogen and oxygen atoms in total. The van der Waals surface area contributed by atoms with E-state index in [1.54, 1.807) is 5.32 Å². The first-order valence-corrected chi connectivity index (χ1v) is 9.32. The number of aromatic nitrogens is 1. The Morgan fingerprint density at radius 2 is 2.04 bits per heavy atom. The van der Waals surface area contributed by atoms with Gasteiger partial charge in [-0.1, -0.05) is 5.16 Å². The summed E-state index contributed by atoms with van der Waals surface area (Å²) in [4.78, 5) is 23.4. The molecule has 1 amide bonds. The number of rotatable bonds is 6. The molecule has 0 saturated carbocycles. The van der Waals surface area contributed by atoms with Gasteiger partial charge in [0.25, 0.3) is 5.91 Å². The van der Waals surface area contributed by atoms with Crippen LogP contribution in [-0.4, -0.2) is 61.7 Å². The molecule has 0 radical (unpaired) electrons. The minimum absolute atomic E-state index is 0.0480. The van der Waals surface area contributed by atoms with Crippen molar-refractivity contribution in [3.63, 3.8) is 0 Å². The highest BCUT2D eigenvalue weighted by Crippen LogP contribution is 2.30. The smallest absolute Gasteiger partial charge is 0.405 e. The molecule has 0 aliphatic carbocycles. The highest BCUT2D eigenvalue weighted by atomic mass is 32.2. The van der Waals surface area contributed by atoms with Crippen LogP contribution in [0.3, 0.4) is 0 Å². The third kappa shape index (κ3) is 4.97. The number of amides is 1. The molecule has 13 heteroatoms. The van der Waals surface area contributed by atoms with Crippen molar-refractivity contribution < 1.29 is 40.4 Å². The molecule has 0 aromatic carbocycles. The average Bonchev–Trinajstić information content (AvgIpc) is 3.17. The first kappa shape index (κ1) is 21.2. The number of carbonyl (C=O) groups excluding carboxylic acids is 2. The number of alkyl halides is 3. The van der Waals surface area contributed by atoms with Gasteiger partial charge in [-0.2, -0.15) is 17.5 Å². The Balaban J connectivity index is 2.03. The van der Waals surface area contributed by atoms with Crippen molar-refractivity contribution in [1.82, 2.24) is 14.8 Å². The summed E-state index contributed by atoms with van der Waals surface area (Å²) >= 11 is 0. The van der Waals surface area contributed by atoms with Gasteiger partial charge < -0.3 is 14.6 Å². The quantitative estimate of drug-likeness (QED) is 0.681. The van der Waals surface area contributed by atoms with Gasteiger partial charge in [0, 0.05) is 6.54 Å². The summed E-state index contributed by atoms with van der Waals surface area (Å²) in [6.45, 7) is 0.412. The first-order chi connectivity index (χ1) is 12.4. The lowest BCUT2D eigenvalue weighted by molar-refractivity contribution is -0.153. The maximum atomic E-state index is 12.8. The molecule has 0 bridgehead atoms. The minimum atomic E-state index is -4.59. The molecule has 1 aliphatic rings.